The van der Waals surface area contributed by atoms with E-state index in [9.17, 15) is 19.2 Å². The Morgan fingerprint density at radius 3 is 2.44 bits per heavy atom. The fourth-order valence-electron chi connectivity index (χ4n) is 4.09. The Hall–Kier alpha value is -2.96. The second kappa shape index (κ2) is 6.98. The SMILES string of the molecule is O=C(CN1C(=O)[C@@H]2CCCC[C@H]2C1=O)OCC(=O)c1c[nH]c2ccccc12. The molecule has 2 aliphatic rings. The van der Waals surface area contributed by atoms with Gasteiger partial charge >= 0.3 is 5.97 Å². The lowest BCUT2D eigenvalue weighted by molar-refractivity contribution is -0.152. The van der Waals surface area contributed by atoms with Crippen LogP contribution in [-0.2, 0) is 19.1 Å². The van der Waals surface area contributed by atoms with E-state index in [0.29, 0.717) is 18.4 Å². The van der Waals surface area contributed by atoms with Crippen LogP contribution < -0.4 is 0 Å². The van der Waals surface area contributed by atoms with Gasteiger partial charge < -0.3 is 9.72 Å². The predicted molar refractivity (Wildman–Crippen MR) is 95.8 cm³/mol. The first-order valence-corrected chi connectivity index (χ1v) is 9.16. The fraction of sp³-hybridized carbons (Fsp3) is 0.400. The van der Waals surface area contributed by atoms with Gasteiger partial charge in [0.25, 0.3) is 0 Å². The summed E-state index contributed by atoms with van der Waals surface area (Å²) in [6.45, 7) is -0.852. The summed E-state index contributed by atoms with van der Waals surface area (Å²) in [5, 5.41) is 0.757. The minimum atomic E-state index is -0.747. The molecule has 7 nitrogen and oxygen atoms in total. The van der Waals surface area contributed by atoms with Gasteiger partial charge in [-0.25, -0.2) is 0 Å². The average Bonchev–Trinajstić information content (AvgIpc) is 3.22. The third-order valence-electron chi connectivity index (χ3n) is 5.47. The van der Waals surface area contributed by atoms with Crippen molar-refractivity contribution in [1.82, 2.24) is 9.88 Å². The minimum absolute atomic E-state index is 0.287. The van der Waals surface area contributed by atoms with E-state index in [0.717, 1.165) is 28.6 Å². The number of aromatic amines is 1. The minimum Gasteiger partial charge on any atom is -0.456 e. The number of aromatic nitrogens is 1. The maximum atomic E-state index is 12.4. The van der Waals surface area contributed by atoms with Crippen LogP contribution in [0.5, 0.6) is 0 Å². The first-order chi connectivity index (χ1) is 13.1. The van der Waals surface area contributed by atoms with Crippen LogP contribution in [0, 0.1) is 11.8 Å². The number of hydrogen-bond donors (Lipinski definition) is 1. The monoisotopic (exact) mass is 368 g/mol. The van der Waals surface area contributed by atoms with Crippen molar-refractivity contribution in [2.75, 3.05) is 13.2 Å². The number of likely N-dealkylation sites (tertiary alicyclic amines) is 1. The summed E-state index contributed by atoms with van der Waals surface area (Å²) >= 11 is 0. The molecule has 1 aliphatic heterocycles. The van der Waals surface area contributed by atoms with Gasteiger partial charge in [-0.05, 0) is 18.9 Å². The maximum Gasteiger partial charge on any atom is 0.326 e. The summed E-state index contributed by atoms with van der Waals surface area (Å²) < 4.78 is 5.04. The van der Waals surface area contributed by atoms with Gasteiger partial charge in [0.05, 0.1) is 11.8 Å². The molecule has 1 aromatic heterocycles. The van der Waals surface area contributed by atoms with Crippen LogP contribution in [0.3, 0.4) is 0 Å². The van der Waals surface area contributed by atoms with Crippen molar-refractivity contribution >= 4 is 34.5 Å². The molecule has 0 bridgehead atoms. The Kier molecular flexibility index (Phi) is 4.51. The van der Waals surface area contributed by atoms with Crippen molar-refractivity contribution in [2.45, 2.75) is 25.7 Å². The zero-order valence-corrected chi connectivity index (χ0v) is 14.8. The molecule has 0 spiro atoms. The molecule has 2 heterocycles. The van der Waals surface area contributed by atoms with Gasteiger partial charge in [-0.1, -0.05) is 31.0 Å². The van der Waals surface area contributed by atoms with Crippen molar-refractivity contribution in [3.8, 4) is 0 Å². The van der Waals surface area contributed by atoms with E-state index in [1.165, 1.54) is 0 Å². The van der Waals surface area contributed by atoms with Crippen molar-refractivity contribution in [3.05, 3.63) is 36.0 Å². The van der Waals surface area contributed by atoms with Gasteiger partial charge in [-0.2, -0.15) is 0 Å². The lowest BCUT2D eigenvalue weighted by Crippen LogP contribution is -2.37. The van der Waals surface area contributed by atoms with Crippen molar-refractivity contribution in [3.63, 3.8) is 0 Å². The number of carbonyl (C=O) groups excluding carboxylic acids is 4. The van der Waals surface area contributed by atoms with Crippen LogP contribution in [0.25, 0.3) is 10.9 Å². The lowest BCUT2D eigenvalue weighted by Gasteiger charge is -2.19. The molecule has 1 aliphatic carbocycles. The Bertz CT molecular complexity index is 907. The number of ether oxygens (including phenoxy) is 1. The number of nitrogens with one attached hydrogen (secondary N) is 1. The Labute approximate surface area is 155 Å². The first-order valence-electron chi connectivity index (χ1n) is 9.16. The molecule has 1 saturated carbocycles. The number of rotatable bonds is 5. The first kappa shape index (κ1) is 17.5. The molecule has 2 amide bonds. The number of fused-ring (bicyclic) bond motifs is 2. The smallest absolute Gasteiger partial charge is 0.326 e. The Balaban J connectivity index is 1.36. The van der Waals surface area contributed by atoms with E-state index in [1.54, 1.807) is 6.20 Å². The molecule has 1 N–H and O–H groups in total. The van der Waals surface area contributed by atoms with Crippen molar-refractivity contribution < 1.29 is 23.9 Å². The molecule has 140 valence electrons. The van der Waals surface area contributed by atoms with Crippen molar-refractivity contribution in [1.29, 1.82) is 0 Å². The van der Waals surface area contributed by atoms with E-state index >= 15 is 0 Å². The zero-order valence-electron chi connectivity index (χ0n) is 14.8. The third-order valence-corrected chi connectivity index (χ3v) is 5.47. The van der Waals surface area contributed by atoms with Gasteiger partial charge in [0.1, 0.15) is 6.54 Å². The third kappa shape index (κ3) is 3.13. The maximum absolute atomic E-state index is 12.4. The number of H-pyrrole nitrogens is 1. The van der Waals surface area contributed by atoms with E-state index in [4.69, 9.17) is 4.74 Å². The normalized spacial score (nSPS) is 22.1. The number of para-hydroxylation sites is 1. The number of amides is 2. The molecule has 2 fully saturated rings. The van der Waals surface area contributed by atoms with Gasteiger partial charge in [0.15, 0.2) is 6.61 Å². The molecular formula is C20H20N2O5. The summed E-state index contributed by atoms with van der Waals surface area (Å²) in [4.78, 5) is 53.2. The van der Waals surface area contributed by atoms with Crippen LogP contribution in [0.2, 0.25) is 0 Å². The molecule has 7 heteroatoms. The molecule has 27 heavy (non-hydrogen) atoms. The van der Waals surface area contributed by atoms with Crippen molar-refractivity contribution in [2.24, 2.45) is 11.8 Å². The quantitative estimate of drug-likeness (QED) is 0.495. The van der Waals surface area contributed by atoms with E-state index in [-0.39, 0.29) is 29.4 Å². The highest BCUT2D eigenvalue weighted by Crippen LogP contribution is 2.37. The van der Waals surface area contributed by atoms with Crippen LogP contribution in [0.15, 0.2) is 30.5 Å². The van der Waals surface area contributed by atoms with E-state index in [1.807, 2.05) is 24.3 Å². The Morgan fingerprint density at radius 2 is 1.74 bits per heavy atom. The number of imide groups is 1. The standard InChI is InChI=1S/C20H20N2O5/c23-17(15-9-21-16-8-4-3-5-12(15)16)11-27-18(24)10-22-19(25)13-6-1-2-7-14(13)20(22)26/h3-5,8-9,13-14,21H,1-2,6-7,10-11H2/t13-,14-/m1/s1. The van der Waals surface area contributed by atoms with Gasteiger partial charge in [-0.3, -0.25) is 24.1 Å². The molecule has 4 rings (SSSR count). The van der Waals surface area contributed by atoms with Gasteiger partial charge in [0.2, 0.25) is 17.6 Å². The largest absolute Gasteiger partial charge is 0.456 e. The number of carbonyl (C=O) groups is 4. The molecule has 0 radical (unpaired) electrons. The number of nitrogens with zero attached hydrogens (tertiary/aromatic N) is 1. The zero-order chi connectivity index (χ0) is 19.0. The number of esters is 1. The number of hydrogen-bond acceptors (Lipinski definition) is 5. The predicted octanol–water partition coefficient (Wildman–Crippen LogP) is 2.07. The molecule has 1 aromatic carbocycles. The molecule has 2 aromatic rings. The second-order valence-corrected chi connectivity index (χ2v) is 7.09. The van der Waals surface area contributed by atoms with E-state index < -0.39 is 19.1 Å². The number of ketones is 1. The summed E-state index contributed by atoms with van der Waals surface area (Å²) in [5.74, 6) is -2.26. The van der Waals surface area contributed by atoms with Gasteiger partial charge in [0, 0.05) is 22.7 Å². The fourth-order valence-corrected chi connectivity index (χ4v) is 4.09. The molecule has 1 saturated heterocycles. The molecular weight excluding hydrogens is 348 g/mol. The number of benzene rings is 1. The average molecular weight is 368 g/mol. The summed E-state index contributed by atoms with van der Waals surface area (Å²) in [6.07, 6.45) is 4.83. The second-order valence-electron chi connectivity index (χ2n) is 7.09. The van der Waals surface area contributed by atoms with E-state index in [2.05, 4.69) is 4.98 Å². The summed E-state index contributed by atoms with van der Waals surface area (Å²) in [6, 6.07) is 7.34. The topological polar surface area (TPSA) is 96.5 Å². The lowest BCUT2D eigenvalue weighted by atomic mass is 9.81. The highest BCUT2D eigenvalue weighted by Gasteiger charge is 2.48. The highest BCUT2D eigenvalue weighted by atomic mass is 16.5. The number of Topliss-reactive ketones (excluding diaryl/α,β-unsaturated/α-hetero) is 1. The van der Waals surface area contributed by atoms with Crippen LogP contribution in [-0.4, -0.2) is 46.6 Å². The Morgan fingerprint density at radius 1 is 1.07 bits per heavy atom. The summed E-state index contributed by atoms with van der Waals surface area (Å²) in [7, 11) is 0. The highest BCUT2D eigenvalue weighted by molar-refractivity contribution is 6.09. The van der Waals surface area contributed by atoms with Crippen LogP contribution in [0.1, 0.15) is 36.0 Å². The molecule has 2 atom stereocenters. The van der Waals surface area contributed by atoms with Crippen LogP contribution in [0.4, 0.5) is 0 Å². The summed E-state index contributed by atoms with van der Waals surface area (Å²) in [5.41, 5.74) is 1.26. The molecule has 0 unspecified atom stereocenters. The van der Waals surface area contributed by atoms with Crippen LogP contribution >= 0.6 is 0 Å². The van der Waals surface area contributed by atoms with Gasteiger partial charge in [-0.15, -0.1) is 0 Å².